The standard InChI is InChI=1S/C18H22FN/c1-13-9-10-15(18(2,3)4)11-14(13)12-20-17-8-6-5-7-16(17)19/h5-11,20H,12H2,1-4H3. The van der Waals surface area contributed by atoms with Gasteiger partial charge in [-0.05, 0) is 41.2 Å². The Morgan fingerprint density at radius 2 is 1.75 bits per heavy atom. The maximum atomic E-state index is 13.6. The number of benzene rings is 2. The van der Waals surface area contributed by atoms with Crippen LogP contribution in [-0.2, 0) is 12.0 Å². The minimum absolute atomic E-state index is 0.125. The summed E-state index contributed by atoms with van der Waals surface area (Å²) in [4.78, 5) is 0. The molecule has 0 spiro atoms. The molecule has 0 heterocycles. The van der Waals surface area contributed by atoms with Crippen LogP contribution in [0, 0.1) is 12.7 Å². The third-order valence-corrected chi connectivity index (χ3v) is 3.56. The topological polar surface area (TPSA) is 12.0 Å². The molecule has 2 rings (SSSR count). The first-order valence-electron chi connectivity index (χ1n) is 6.96. The van der Waals surface area contributed by atoms with Gasteiger partial charge in [-0.15, -0.1) is 0 Å². The van der Waals surface area contributed by atoms with Crippen LogP contribution >= 0.6 is 0 Å². The van der Waals surface area contributed by atoms with Crippen molar-refractivity contribution >= 4 is 5.69 Å². The van der Waals surface area contributed by atoms with E-state index in [1.165, 1.54) is 22.8 Å². The molecule has 2 aromatic carbocycles. The quantitative estimate of drug-likeness (QED) is 0.824. The Kier molecular flexibility index (Phi) is 4.12. The van der Waals surface area contributed by atoms with Gasteiger partial charge in [0.2, 0.25) is 0 Å². The number of rotatable bonds is 3. The molecule has 0 amide bonds. The van der Waals surface area contributed by atoms with Gasteiger partial charge in [0.25, 0.3) is 0 Å². The highest BCUT2D eigenvalue weighted by molar-refractivity contribution is 5.46. The molecule has 2 heteroatoms. The predicted octanol–water partition coefficient (Wildman–Crippen LogP) is 5.04. The van der Waals surface area contributed by atoms with Crippen molar-refractivity contribution in [2.75, 3.05) is 5.32 Å². The largest absolute Gasteiger partial charge is 0.379 e. The monoisotopic (exact) mass is 271 g/mol. The second-order valence-electron chi connectivity index (χ2n) is 6.22. The number of hydrogen-bond donors (Lipinski definition) is 1. The van der Waals surface area contributed by atoms with E-state index in [1.54, 1.807) is 12.1 Å². The Morgan fingerprint density at radius 1 is 1.05 bits per heavy atom. The van der Waals surface area contributed by atoms with Gasteiger partial charge in [-0.3, -0.25) is 0 Å². The molecule has 1 nitrogen and oxygen atoms in total. The van der Waals surface area contributed by atoms with E-state index in [0.29, 0.717) is 12.2 Å². The SMILES string of the molecule is Cc1ccc(C(C)(C)C)cc1CNc1ccccc1F. The van der Waals surface area contributed by atoms with Gasteiger partial charge in [0.1, 0.15) is 5.82 Å². The molecule has 0 unspecified atom stereocenters. The fourth-order valence-corrected chi connectivity index (χ4v) is 2.12. The van der Waals surface area contributed by atoms with Crippen LogP contribution in [-0.4, -0.2) is 0 Å². The van der Waals surface area contributed by atoms with Gasteiger partial charge in [-0.25, -0.2) is 4.39 Å². The Morgan fingerprint density at radius 3 is 2.40 bits per heavy atom. The van der Waals surface area contributed by atoms with Gasteiger partial charge in [0, 0.05) is 6.54 Å². The number of hydrogen-bond acceptors (Lipinski definition) is 1. The zero-order valence-corrected chi connectivity index (χ0v) is 12.6. The van der Waals surface area contributed by atoms with Crippen molar-refractivity contribution in [2.24, 2.45) is 0 Å². The lowest BCUT2D eigenvalue weighted by Crippen LogP contribution is -2.12. The molecule has 0 saturated carbocycles. The van der Waals surface area contributed by atoms with Crippen LogP contribution in [0.15, 0.2) is 42.5 Å². The summed E-state index contributed by atoms with van der Waals surface area (Å²) >= 11 is 0. The van der Waals surface area contributed by atoms with Crippen LogP contribution in [0.3, 0.4) is 0 Å². The fourth-order valence-electron chi connectivity index (χ4n) is 2.12. The Bertz CT molecular complexity index is 597. The second kappa shape index (κ2) is 5.66. The Hall–Kier alpha value is -1.83. The minimum atomic E-state index is -0.211. The van der Waals surface area contributed by atoms with Gasteiger partial charge in [0.05, 0.1) is 5.69 Å². The van der Waals surface area contributed by atoms with Crippen molar-refractivity contribution < 1.29 is 4.39 Å². The third kappa shape index (κ3) is 3.38. The Balaban J connectivity index is 2.19. The molecular formula is C18H22FN. The summed E-state index contributed by atoms with van der Waals surface area (Å²) in [5.74, 6) is -0.211. The van der Waals surface area contributed by atoms with Crippen LogP contribution < -0.4 is 5.32 Å². The molecule has 0 fully saturated rings. The summed E-state index contributed by atoms with van der Waals surface area (Å²) in [5.41, 5.74) is 4.41. The lowest BCUT2D eigenvalue weighted by Gasteiger charge is -2.21. The molecule has 0 radical (unpaired) electrons. The molecule has 0 aliphatic heterocycles. The predicted molar refractivity (Wildman–Crippen MR) is 83.6 cm³/mol. The maximum Gasteiger partial charge on any atom is 0.146 e. The van der Waals surface area contributed by atoms with Gasteiger partial charge in [0.15, 0.2) is 0 Å². The number of para-hydroxylation sites is 1. The van der Waals surface area contributed by atoms with Gasteiger partial charge in [-0.1, -0.05) is 51.1 Å². The van der Waals surface area contributed by atoms with E-state index < -0.39 is 0 Å². The lowest BCUT2D eigenvalue weighted by atomic mass is 9.85. The zero-order valence-electron chi connectivity index (χ0n) is 12.6. The average molecular weight is 271 g/mol. The van der Waals surface area contributed by atoms with Crippen LogP contribution in [0.25, 0.3) is 0 Å². The van der Waals surface area contributed by atoms with E-state index in [-0.39, 0.29) is 11.2 Å². The molecule has 0 aliphatic rings. The van der Waals surface area contributed by atoms with Gasteiger partial charge in [-0.2, -0.15) is 0 Å². The van der Waals surface area contributed by atoms with E-state index in [1.807, 2.05) is 6.07 Å². The van der Waals surface area contributed by atoms with Crippen molar-refractivity contribution in [1.82, 2.24) is 0 Å². The number of aryl methyl sites for hydroxylation is 1. The van der Waals surface area contributed by atoms with Crippen LogP contribution in [0.4, 0.5) is 10.1 Å². The fraction of sp³-hybridized carbons (Fsp3) is 0.333. The van der Waals surface area contributed by atoms with Gasteiger partial charge >= 0.3 is 0 Å². The summed E-state index contributed by atoms with van der Waals surface area (Å²) in [6.45, 7) is 9.32. The normalized spacial score (nSPS) is 11.4. The van der Waals surface area contributed by atoms with E-state index in [0.717, 1.165) is 0 Å². The second-order valence-corrected chi connectivity index (χ2v) is 6.22. The Labute approximate surface area is 120 Å². The first kappa shape index (κ1) is 14.6. The van der Waals surface area contributed by atoms with Crippen LogP contribution in [0.2, 0.25) is 0 Å². The third-order valence-electron chi connectivity index (χ3n) is 3.56. The maximum absolute atomic E-state index is 13.6. The lowest BCUT2D eigenvalue weighted by molar-refractivity contribution is 0.589. The highest BCUT2D eigenvalue weighted by Crippen LogP contribution is 2.25. The first-order valence-corrected chi connectivity index (χ1v) is 6.96. The molecular weight excluding hydrogens is 249 g/mol. The van der Waals surface area contributed by atoms with Crippen molar-refractivity contribution in [1.29, 1.82) is 0 Å². The van der Waals surface area contributed by atoms with E-state index >= 15 is 0 Å². The zero-order chi connectivity index (χ0) is 14.8. The summed E-state index contributed by atoms with van der Waals surface area (Å²) in [6.07, 6.45) is 0. The van der Waals surface area contributed by atoms with E-state index in [4.69, 9.17) is 0 Å². The van der Waals surface area contributed by atoms with Crippen molar-refractivity contribution in [3.8, 4) is 0 Å². The molecule has 2 aromatic rings. The molecule has 0 saturated heterocycles. The molecule has 0 aliphatic carbocycles. The van der Waals surface area contributed by atoms with Crippen molar-refractivity contribution in [3.05, 3.63) is 65.0 Å². The number of nitrogens with one attached hydrogen (secondary N) is 1. The van der Waals surface area contributed by atoms with Crippen molar-refractivity contribution in [2.45, 2.75) is 39.7 Å². The average Bonchev–Trinajstić information content (AvgIpc) is 2.38. The highest BCUT2D eigenvalue weighted by Gasteiger charge is 2.14. The molecule has 0 bridgehead atoms. The highest BCUT2D eigenvalue weighted by atomic mass is 19.1. The smallest absolute Gasteiger partial charge is 0.146 e. The summed E-state index contributed by atoms with van der Waals surface area (Å²) < 4.78 is 13.6. The molecule has 20 heavy (non-hydrogen) atoms. The number of halogens is 1. The summed E-state index contributed by atoms with van der Waals surface area (Å²) in [6, 6.07) is 13.3. The molecule has 106 valence electrons. The molecule has 0 aromatic heterocycles. The van der Waals surface area contributed by atoms with Crippen LogP contribution in [0.5, 0.6) is 0 Å². The van der Waals surface area contributed by atoms with E-state index in [2.05, 4.69) is 51.2 Å². The number of anilines is 1. The molecule has 1 N–H and O–H groups in total. The summed E-state index contributed by atoms with van der Waals surface area (Å²) in [7, 11) is 0. The van der Waals surface area contributed by atoms with Crippen LogP contribution in [0.1, 0.15) is 37.5 Å². The summed E-state index contributed by atoms with van der Waals surface area (Å²) in [5, 5.41) is 3.17. The molecule has 0 atom stereocenters. The minimum Gasteiger partial charge on any atom is -0.379 e. The van der Waals surface area contributed by atoms with Gasteiger partial charge < -0.3 is 5.32 Å². The van der Waals surface area contributed by atoms with E-state index in [9.17, 15) is 4.39 Å². The first-order chi connectivity index (χ1) is 9.38. The van der Waals surface area contributed by atoms with Crippen molar-refractivity contribution in [3.63, 3.8) is 0 Å².